The molecule has 2 heteroatoms. The van der Waals surface area contributed by atoms with Gasteiger partial charge >= 0.3 is 0 Å². The second-order valence-electron chi connectivity index (χ2n) is 5.31. The van der Waals surface area contributed by atoms with Gasteiger partial charge in [-0.1, -0.05) is 0 Å². The van der Waals surface area contributed by atoms with E-state index >= 15 is 0 Å². The van der Waals surface area contributed by atoms with Crippen LogP contribution in [0.15, 0.2) is 42.9 Å². The van der Waals surface area contributed by atoms with Gasteiger partial charge < -0.3 is 4.40 Å². The first-order chi connectivity index (χ1) is 9.08. The molecule has 0 atom stereocenters. The van der Waals surface area contributed by atoms with Crippen molar-refractivity contribution in [3.05, 3.63) is 59.5 Å². The Kier molecular flexibility index (Phi) is 2.67. The number of aromatic nitrogens is 2. The van der Waals surface area contributed by atoms with Crippen LogP contribution in [-0.4, -0.2) is 4.40 Å². The van der Waals surface area contributed by atoms with Crippen molar-refractivity contribution in [3.63, 3.8) is 0 Å². The third-order valence-corrected chi connectivity index (χ3v) is 3.83. The zero-order chi connectivity index (χ0) is 13.6. The molecule has 0 aliphatic carbocycles. The fourth-order valence-corrected chi connectivity index (χ4v) is 2.84. The maximum atomic E-state index is 2.26. The summed E-state index contributed by atoms with van der Waals surface area (Å²) >= 11 is 0. The van der Waals surface area contributed by atoms with Gasteiger partial charge in [-0.05, 0) is 49.6 Å². The first kappa shape index (κ1) is 12.0. The second kappa shape index (κ2) is 4.23. The third-order valence-electron chi connectivity index (χ3n) is 3.83. The van der Waals surface area contributed by atoms with Crippen LogP contribution in [0.25, 0.3) is 16.8 Å². The minimum Gasteiger partial charge on any atom is -0.323 e. The normalized spacial score (nSPS) is 11.2. The molecule has 0 aromatic carbocycles. The van der Waals surface area contributed by atoms with Gasteiger partial charge in [0.15, 0.2) is 6.20 Å². The van der Waals surface area contributed by atoms with Gasteiger partial charge in [0, 0.05) is 30.0 Å². The zero-order valence-corrected chi connectivity index (χ0v) is 11.9. The van der Waals surface area contributed by atoms with Gasteiger partial charge in [0.05, 0.1) is 5.56 Å². The highest BCUT2D eigenvalue weighted by atomic mass is 14.9. The lowest BCUT2D eigenvalue weighted by atomic mass is 9.99. The van der Waals surface area contributed by atoms with Crippen molar-refractivity contribution in [2.24, 2.45) is 7.05 Å². The van der Waals surface area contributed by atoms with Crippen molar-refractivity contribution in [2.45, 2.75) is 20.8 Å². The Labute approximate surface area is 113 Å². The van der Waals surface area contributed by atoms with Crippen molar-refractivity contribution in [3.8, 4) is 11.3 Å². The Morgan fingerprint density at radius 2 is 1.89 bits per heavy atom. The van der Waals surface area contributed by atoms with Crippen LogP contribution in [0.2, 0.25) is 0 Å². The number of nitrogens with zero attached hydrogens (tertiary/aromatic N) is 2. The van der Waals surface area contributed by atoms with E-state index in [1.54, 1.807) is 0 Å². The number of hydrogen-bond acceptors (Lipinski definition) is 0. The van der Waals surface area contributed by atoms with Gasteiger partial charge in [0.1, 0.15) is 7.05 Å². The summed E-state index contributed by atoms with van der Waals surface area (Å²) in [6.07, 6.45) is 6.45. The molecule has 3 aromatic heterocycles. The third kappa shape index (κ3) is 1.84. The van der Waals surface area contributed by atoms with Gasteiger partial charge in [0.2, 0.25) is 5.69 Å². The summed E-state index contributed by atoms with van der Waals surface area (Å²) in [5.41, 5.74) is 7.84. The number of fused-ring (bicyclic) bond motifs is 1. The van der Waals surface area contributed by atoms with Crippen LogP contribution >= 0.6 is 0 Å². The molecule has 0 bridgehead atoms. The standard InChI is InChI=1S/C17H19N2/c1-12-7-9-18(4)16(10-12)17-13(2)11-19-8-5-6-15(19)14(17)3/h5-11H,1-4H3/q+1. The van der Waals surface area contributed by atoms with Crippen molar-refractivity contribution in [1.82, 2.24) is 4.40 Å². The first-order valence-corrected chi connectivity index (χ1v) is 6.61. The van der Waals surface area contributed by atoms with Crippen LogP contribution in [0.3, 0.4) is 0 Å². The summed E-state index contributed by atoms with van der Waals surface area (Å²) in [5.74, 6) is 0. The number of pyridine rings is 2. The molecule has 0 amide bonds. The molecule has 0 fully saturated rings. The quantitative estimate of drug-likeness (QED) is 0.586. The van der Waals surface area contributed by atoms with Crippen LogP contribution in [-0.2, 0) is 7.05 Å². The van der Waals surface area contributed by atoms with E-state index in [-0.39, 0.29) is 0 Å². The molecule has 0 N–H and O–H groups in total. The molecule has 96 valence electrons. The van der Waals surface area contributed by atoms with E-state index in [9.17, 15) is 0 Å². The topological polar surface area (TPSA) is 8.29 Å². The first-order valence-electron chi connectivity index (χ1n) is 6.61. The molecule has 0 aliphatic rings. The largest absolute Gasteiger partial charge is 0.323 e. The fraction of sp³-hybridized carbons (Fsp3) is 0.235. The molecule has 0 unspecified atom stereocenters. The zero-order valence-electron chi connectivity index (χ0n) is 11.9. The maximum Gasteiger partial charge on any atom is 0.213 e. The summed E-state index contributed by atoms with van der Waals surface area (Å²) in [7, 11) is 2.11. The molecule has 3 rings (SSSR count). The molecule has 2 nitrogen and oxygen atoms in total. The van der Waals surface area contributed by atoms with Gasteiger partial charge in [-0.2, -0.15) is 0 Å². The van der Waals surface area contributed by atoms with E-state index in [0.717, 1.165) is 0 Å². The lowest BCUT2D eigenvalue weighted by molar-refractivity contribution is -0.660. The molecule has 0 spiro atoms. The molecular formula is C17H19N2+. The summed E-state index contributed by atoms with van der Waals surface area (Å²) in [6.45, 7) is 6.54. The molecular weight excluding hydrogens is 232 g/mol. The van der Waals surface area contributed by atoms with Crippen molar-refractivity contribution in [2.75, 3.05) is 0 Å². The predicted octanol–water partition coefficient (Wildman–Crippen LogP) is 3.36. The van der Waals surface area contributed by atoms with Gasteiger partial charge in [0.25, 0.3) is 0 Å². The predicted molar refractivity (Wildman–Crippen MR) is 78.2 cm³/mol. The van der Waals surface area contributed by atoms with Crippen LogP contribution in [0.5, 0.6) is 0 Å². The summed E-state index contributed by atoms with van der Waals surface area (Å²) in [6, 6.07) is 8.68. The Morgan fingerprint density at radius 1 is 1.11 bits per heavy atom. The van der Waals surface area contributed by atoms with E-state index in [1.807, 2.05) is 0 Å². The summed E-state index contributed by atoms with van der Waals surface area (Å²) in [4.78, 5) is 0. The Balaban J connectivity index is 2.38. The average Bonchev–Trinajstić information content (AvgIpc) is 2.82. The Bertz CT molecular complexity index is 766. The Hall–Kier alpha value is -2.09. The van der Waals surface area contributed by atoms with Crippen LogP contribution in [0.1, 0.15) is 16.7 Å². The molecule has 0 aliphatic heterocycles. The number of hydrogen-bond donors (Lipinski definition) is 0. The Morgan fingerprint density at radius 3 is 2.68 bits per heavy atom. The average molecular weight is 251 g/mol. The minimum absolute atomic E-state index is 1.28. The number of rotatable bonds is 1. The van der Waals surface area contributed by atoms with Crippen LogP contribution < -0.4 is 4.57 Å². The highest BCUT2D eigenvalue weighted by molar-refractivity contribution is 5.74. The lowest BCUT2D eigenvalue weighted by Crippen LogP contribution is -2.31. The molecule has 0 saturated heterocycles. The van der Waals surface area contributed by atoms with Crippen molar-refractivity contribution in [1.29, 1.82) is 0 Å². The molecule has 0 saturated carbocycles. The maximum absolute atomic E-state index is 2.26. The molecule has 0 radical (unpaired) electrons. The van der Waals surface area contributed by atoms with E-state index in [4.69, 9.17) is 0 Å². The second-order valence-corrected chi connectivity index (χ2v) is 5.31. The van der Waals surface area contributed by atoms with Gasteiger partial charge in [-0.25, -0.2) is 4.57 Å². The highest BCUT2D eigenvalue weighted by Gasteiger charge is 2.17. The molecule has 19 heavy (non-hydrogen) atoms. The molecule has 3 aromatic rings. The van der Waals surface area contributed by atoms with Crippen molar-refractivity contribution >= 4 is 5.52 Å². The monoisotopic (exact) mass is 251 g/mol. The van der Waals surface area contributed by atoms with Crippen molar-refractivity contribution < 1.29 is 4.57 Å². The molecule has 3 heterocycles. The van der Waals surface area contributed by atoms with Gasteiger partial charge in [-0.15, -0.1) is 0 Å². The van der Waals surface area contributed by atoms with Crippen LogP contribution in [0.4, 0.5) is 0 Å². The number of aryl methyl sites for hydroxylation is 4. The van der Waals surface area contributed by atoms with E-state index in [1.165, 1.54) is 33.5 Å². The van der Waals surface area contributed by atoms with Gasteiger partial charge in [-0.3, -0.25) is 0 Å². The smallest absolute Gasteiger partial charge is 0.213 e. The van der Waals surface area contributed by atoms with Crippen LogP contribution in [0, 0.1) is 20.8 Å². The van der Waals surface area contributed by atoms with E-state index in [2.05, 4.69) is 79.6 Å². The summed E-state index contributed by atoms with van der Waals surface area (Å²) < 4.78 is 4.39. The van der Waals surface area contributed by atoms with E-state index in [0.29, 0.717) is 0 Å². The lowest BCUT2D eigenvalue weighted by Gasteiger charge is -2.11. The highest BCUT2D eigenvalue weighted by Crippen LogP contribution is 2.28. The minimum atomic E-state index is 1.28. The SMILES string of the molecule is Cc1cc[n+](C)c(-c2c(C)cn3cccc3c2C)c1. The fourth-order valence-electron chi connectivity index (χ4n) is 2.84. The van der Waals surface area contributed by atoms with E-state index < -0.39 is 0 Å². The summed E-state index contributed by atoms with van der Waals surface area (Å²) in [5, 5.41) is 0.